The van der Waals surface area contributed by atoms with E-state index in [1.165, 1.54) is 17.4 Å². The van der Waals surface area contributed by atoms with Crippen LogP contribution in [0.1, 0.15) is 4.88 Å². The number of halogens is 2. The Labute approximate surface area is 128 Å². The van der Waals surface area contributed by atoms with E-state index < -0.39 is 10.0 Å². The minimum Gasteiger partial charge on any atom is -0.397 e. The zero-order chi connectivity index (χ0) is 14.2. The van der Waals surface area contributed by atoms with Crippen molar-refractivity contribution in [3.05, 3.63) is 38.0 Å². The van der Waals surface area contributed by atoms with Gasteiger partial charge in [-0.3, -0.25) is 4.72 Å². The summed E-state index contributed by atoms with van der Waals surface area (Å²) in [5.74, 6) is 0. The summed E-state index contributed by atoms with van der Waals surface area (Å²) in [5.41, 5.74) is 6.34. The van der Waals surface area contributed by atoms with Crippen molar-refractivity contribution in [2.24, 2.45) is 0 Å². The van der Waals surface area contributed by atoms with Crippen molar-refractivity contribution < 1.29 is 8.42 Å². The number of thiophene rings is 1. The van der Waals surface area contributed by atoms with Crippen LogP contribution in [-0.4, -0.2) is 8.42 Å². The smallest absolute Gasteiger partial charge is 0.263 e. The fraction of sp³-hybridized carbons (Fsp3) is 0.0909. The largest absolute Gasteiger partial charge is 0.397 e. The molecule has 0 atom stereocenters. The summed E-state index contributed by atoms with van der Waals surface area (Å²) in [4.78, 5) is 0.958. The summed E-state index contributed by atoms with van der Waals surface area (Å²) < 4.78 is 27.7. The van der Waals surface area contributed by atoms with Crippen molar-refractivity contribution in [2.45, 2.75) is 11.8 Å². The minimum atomic E-state index is -3.62. The van der Waals surface area contributed by atoms with Gasteiger partial charge in [-0.15, -0.1) is 11.3 Å². The number of benzene rings is 1. The Bertz CT molecular complexity index is 728. The number of sulfonamides is 1. The van der Waals surface area contributed by atoms with E-state index in [1.54, 1.807) is 25.1 Å². The molecule has 0 aliphatic rings. The van der Waals surface area contributed by atoms with Gasteiger partial charge in [0.05, 0.1) is 20.2 Å². The number of hydrogen-bond acceptors (Lipinski definition) is 4. The van der Waals surface area contributed by atoms with Crippen LogP contribution in [0.15, 0.2) is 32.9 Å². The monoisotopic (exact) mass is 380 g/mol. The van der Waals surface area contributed by atoms with Gasteiger partial charge in [0, 0.05) is 4.88 Å². The maximum absolute atomic E-state index is 12.2. The predicted molar refractivity (Wildman–Crippen MR) is 83.4 cm³/mol. The topological polar surface area (TPSA) is 72.2 Å². The van der Waals surface area contributed by atoms with E-state index in [4.69, 9.17) is 17.3 Å². The Morgan fingerprint density at radius 3 is 2.58 bits per heavy atom. The summed E-state index contributed by atoms with van der Waals surface area (Å²) in [6.45, 7) is 1.75. The molecule has 1 heterocycles. The highest BCUT2D eigenvalue weighted by Crippen LogP contribution is 2.31. The molecule has 1 aromatic heterocycles. The van der Waals surface area contributed by atoms with Crippen LogP contribution in [0.4, 0.5) is 11.4 Å². The molecular formula is C11H10BrClN2O2S2. The van der Waals surface area contributed by atoms with E-state index in [0.29, 0.717) is 21.3 Å². The van der Waals surface area contributed by atoms with Crippen molar-refractivity contribution in [3.63, 3.8) is 0 Å². The second kappa shape index (κ2) is 5.32. The molecular weight excluding hydrogens is 372 g/mol. The Balaban J connectivity index is 2.36. The van der Waals surface area contributed by atoms with E-state index in [1.807, 2.05) is 0 Å². The van der Waals surface area contributed by atoms with Crippen molar-refractivity contribution in [1.82, 2.24) is 0 Å². The van der Waals surface area contributed by atoms with Crippen molar-refractivity contribution in [3.8, 4) is 0 Å². The number of nitrogens with one attached hydrogen (secondary N) is 1. The van der Waals surface area contributed by atoms with Crippen LogP contribution in [0.3, 0.4) is 0 Å². The van der Waals surface area contributed by atoms with Crippen LogP contribution in [0, 0.1) is 6.92 Å². The standard InChI is InChI=1S/C11H10BrClN2O2S2/c1-6-10(5-11(12)18-6)19(16,17)15-7-2-3-8(13)9(14)4-7/h2-5,15H,14H2,1H3. The summed E-state index contributed by atoms with van der Waals surface area (Å²) in [6, 6.07) is 6.16. The molecule has 0 fully saturated rings. The first-order valence-corrected chi connectivity index (χ1v) is 8.60. The number of nitrogen functional groups attached to an aromatic ring is 1. The quantitative estimate of drug-likeness (QED) is 0.793. The molecule has 19 heavy (non-hydrogen) atoms. The number of aryl methyl sites for hydroxylation is 1. The summed E-state index contributed by atoms with van der Waals surface area (Å²) in [6.07, 6.45) is 0. The first-order chi connectivity index (χ1) is 8.79. The highest BCUT2D eigenvalue weighted by atomic mass is 79.9. The van der Waals surface area contributed by atoms with Gasteiger partial charge in [0.1, 0.15) is 4.90 Å². The van der Waals surface area contributed by atoms with Gasteiger partial charge in [-0.05, 0) is 47.1 Å². The normalized spacial score (nSPS) is 11.5. The first-order valence-electron chi connectivity index (χ1n) is 5.13. The van der Waals surface area contributed by atoms with Crippen LogP contribution in [-0.2, 0) is 10.0 Å². The molecule has 0 saturated heterocycles. The number of hydrogen-bond donors (Lipinski definition) is 2. The average molecular weight is 382 g/mol. The highest BCUT2D eigenvalue weighted by Gasteiger charge is 2.19. The molecule has 0 unspecified atom stereocenters. The third-order valence-electron chi connectivity index (χ3n) is 2.38. The zero-order valence-electron chi connectivity index (χ0n) is 9.78. The summed E-state index contributed by atoms with van der Waals surface area (Å²) in [5, 5.41) is 0.386. The lowest BCUT2D eigenvalue weighted by Crippen LogP contribution is -2.13. The fourth-order valence-corrected chi connectivity index (χ4v) is 5.10. The summed E-state index contributed by atoms with van der Waals surface area (Å²) >= 11 is 10.4. The molecule has 102 valence electrons. The SMILES string of the molecule is Cc1sc(Br)cc1S(=O)(=O)Nc1ccc(Cl)c(N)c1. The number of nitrogens with two attached hydrogens (primary N) is 1. The number of anilines is 2. The van der Waals surface area contributed by atoms with Gasteiger partial charge in [0.2, 0.25) is 0 Å². The molecule has 8 heteroatoms. The fourth-order valence-electron chi connectivity index (χ4n) is 1.51. The molecule has 2 aromatic rings. The van der Waals surface area contributed by atoms with Crippen LogP contribution in [0.5, 0.6) is 0 Å². The lowest BCUT2D eigenvalue weighted by Gasteiger charge is -2.08. The third-order valence-corrected chi connectivity index (χ3v) is 5.91. The second-order valence-corrected chi connectivity index (χ2v) is 8.51. The molecule has 1 aromatic carbocycles. The lowest BCUT2D eigenvalue weighted by molar-refractivity contribution is 0.601. The van der Waals surface area contributed by atoms with Crippen LogP contribution in [0.2, 0.25) is 5.02 Å². The van der Waals surface area contributed by atoms with Gasteiger partial charge in [-0.1, -0.05) is 11.6 Å². The molecule has 0 saturated carbocycles. The van der Waals surface area contributed by atoms with E-state index in [9.17, 15) is 8.42 Å². The molecule has 0 aliphatic carbocycles. The molecule has 0 bridgehead atoms. The Morgan fingerprint density at radius 1 is 1.37 bits per heavy atom. The van der Waals surface area contributed by atoms with Crippen molar-refractivity contribution >= 4 is 60.3 Å². The van der Waals surface area contributed by atoms with Crippen molar-refractivity contribution in [1.29, 1.82) is 0 Å². The second-order valence-electron chi connectivity index (χ2n) is 3.81. The molecule has 4 nitrogen and oxygen atoms in total. The lowest BCUT2D eigenvalue weighted by atomic mass is 10.3. The third kappa shape index (κ3) is 3.22. The molecule has 2 rings (SSSR count). The Kier molecular flexibility index (Phi) is 4.10. The minimum absolute atomic E-state index is 0.248. The average Bonchev–Trinajstić information content (AvgIpc) is 2.63. The van der Waals surface area contributed by atoms with E-state index in [2.05, 4.69) is 20.7 Å². The van der Waals surface area contributed by atoms with E-state index in [0.717, 1.165) is 3.79 Å². The van der Waals surface area contributed by atoms with Crippen LogP contribution >= 0.6 is 38.9 Å². The molecule has 0 amide bonds. The zero-order valence-corrected chi connectivity index (χ0v) is 13.8. The van der Waals surface area contributed by atoms with E-state index in [-0.39, 0.29) is 4.90 Å². The molecule has 3 N–H and O–H groups in total. The van der Waals surface area contributed by atoms with Gasteiger partial charge in [-0.25, -0.2) is 8.42 Å². The summed E-state index contributed by atoms with van der Waals surface area (Å²) in [7, 11) is -3.62. The Morgan fingerprint density at radius 2 is 2.05 bits per heavy atom. The van der Waals surface area contributed by atoms with Crippen LogP contribution in [0.25, 0.3) is 0 Å². The number of rotatable bonds is 3. The first kappa shape index (κ1) is 14.6. The highest BCUT2D eigenvalue weighted by molar-refractivity contribution is 9.11. The van der Waals surface area contributed by atoms with Crippen molar-refractivity contribution in [2.75, 3.05) is 10.5 Å². The molecule has 0 spiro atoms. The van der Waals surface area contributed by atoms with Gasteiger partial charge in [0.25, 0.3) is 10.0 Å². The van der Waals surface area contributed by atoms with Gasteiger partial charge < -0.3 is 5.73 Å². The van der Waals surface area contributed by atoms with Gasteiger partial charge in [0.15, 0.2) is 0 Å². The maximum Gasteiger partial charge on any atom is 0.263 e. The van der Waals surface area contributed by atoms with Gasteiger partial charge in [-0.2, -0.15) is 0 Å². The van der Waals surface area contributed by atoms with E-state index >= 15 is 0 Å². The Hall–Kier alpha value is -0.760. The molecule has 0 radical (unpaired) electrons. The predicted octanol–water partition coefficient (Wildman–Crippen LogP) is 3.86. The van der Waals surface area contributed by atoms with Gasteiger partial charge >= 0.3 is 0 Å². The van der Waals surface area contributed by atoms with Crippen LogP contribution < -0.4 is 10.5 Å². The maximum atomic E-state index is 12.2. The molecule has 0 aliphatic heterocycles.